The number of amidine groups is 3. The van der Waals surface area contributed by atoms with Crippen LogP contribution in [-0.2, 0) is 46.9 Å². The number of fused-ring (bicyclic) bond motifs is 4. The smallest absolute Gasteiger partial charge is 0.250 e. The van der Waals surface area contributed by atoms with Crippen molar-refractivity contribution in [3.05, 3.63) is 334 Å². The number of rotatable bonds is 20. The second-order valence-electron chi connectivity index (χ2n) is 32.5. The van der Waals surface area contributed by atoms with Crippen molar-refractivity contribution in [1.29, 1.82) is 0 Å². The van der Waals surface area contributed by atoms with Crippen molar-refractivity contribution >= 4 is 47.5 Å². The number of nitrogens with one attached hydrogen (secondary N) is 2. The van der Waals surface area contributed by atoms with Crippen molar-refractivity contribution in [1.82, 2.24) is 63.8 Å². The molecular formula is C100H105N17O9. The fraction of sp³-hybridized carbons (Fsp3) is 0.280. The molecule has 8 aliphatic rings. The van der Waals surface area contributed by atoms with Crippen LogP contribution in [0.1, 0.15) is 116 Å². The van der Waals surface area contributed by atoms with Crippen LogP contribution in [-0.4, -0.2) is 151 Å². The molecule has 4 fully saturated rings. The highest BCUT2D eigenvalue weighted by Gasteiger charge is 2.54. The summed E-state index contributed by atoms with van der Waals surface area (Å²) in [6, 6.07) is 60.2. The van der Waals surface area contributed by atoms with Crippen molar-refractivity contribution in [2.24, 2.45) is 26.5 Å². The Balaban J connectivity index is 0.000000119. The van der Waals surface area contributed by atoms with Gasteiger partial charge in [-0.2, -0.15) is 0 Å². The maximum absolute atomic E-state index is 6.07. The number of aryl methyl sites for hydroxylation is 7. The second kappa shape index (κ2) is 36.8. The van der Waals surface area contributed by atoms with E-state index >= 15 is 0 Å². The summed E-state index contributed by atoms with van der Waals surface area (Å²) in [5.41, 5.74) is 22.1. The van der Waals surface area contributed by atoms with E-state index in [2.05, 4.69) is 208 Å². The molecular weight excluding hydrogens is 1580 g/mol. The number of methoxy groups -OCH3 is 4. The number of nitrogens with zero attached hydrogens (tertiary/aromatic N) is 15. The first-order valence-corrected chi connectivity index (χ1v) is 42.6. The summed E-state index contributed by atoms with van der Waals surface area (Å²) < 4.78 is 36.2. The molecule has 26 heteroatoms. The molecule has 12 heterocycles. The molecule has 0 amide bonds. The van der Waals surface area contributed by atoms with E-state index in [4.69, 9.17) is 43.0 Å². The average Bonchev–Trinajstić information content (AvgIpc) is 1.56. The van der Waals surface area contributed by atoms with Gasteiger partial charge in [0.25, 0.3) is 0 Å². The lowest BCUT2D eigenvalue weighted by Crippen LogP contribution is -2.58. The molecule has 0 aliphatic carbocycles. The zero-order chi connectivity index (χ0) is 86.9. The third kappa shape index (κ3) is 17.3. The minimum Gasteiger partial charge on any atom is -0.495 e. The number of aromatic nitrogens is 8. The molecule has 0 bridgehead atoms. The Hall–Kier alpha value is -14.1. The zero-order valence-electron chi connectivity index (χ0n) is 72.9. The number of imidazole rings is 4. The van der Waals surface area contributed by atoms with E-state index in [9.17, 15) is 0 Å². The molecule has 5 unspecified atom stereocenters. The molecule has 8 aliphatic heterocycles. The van der Waals surface area contributed by atoms with Gasteiger partial charge in [-0.3, -0.25) is 0 Å². The minimum atomic E-state index is -0.605. The number of benzene rings is 8. The standard InChI is InChI=1S/C26H27N3O3.2C25H27N5O2.C24H24N4O2/c1-18-4-8-21(9-5-18)26-16-31-13-12-22(26)23(28-32-26)10-6-20-7-11-24(25(14-20)30-3)29-15-19(2)27-17-29;1-18-5-9-21(10-6-18)25-13-4-14-27-30(25)24(28-32-25)12-8-20-7-11-22(23(15-20)31-3)29-16-19(2)26-17-29;1-18-4-8-21(9-5-18)25-16-26-12-13-30(25)24(28-32-25)11-7-20-6-10-22(23(14-20)31-3)29-15-19(2)27-17-29;1-18-16-27(17-25-18)21-11-9-19(15-22(21)29-2)10-12-23-26-30-24(13-6-14-28(23)24)20-7-4-3-5-8-20/h4-11,14-15,17,22H,12-13,16H2,1-3H3;5-12,15-17,27H,4,13-14H2,1-3H3;4-11,14-15,17,26H,12-13,16H2,1-3H3;3-5,7-12,15-17H,6,13-14H2,1-2H3/b10-6+;12-8+;11-7+;12-10+. The van der Waals surface area contributed by atoms with Gasteiger partial charge in [-0.25, -0.2) is 30.4 Å². The maximum Gasteiger partial charge on any atom is 0.250 e. The molecule has 644 valence electrons. The predicted octanol–water partition coefficient (Wildman–Crippen LogP) is 17.2. The van der Waals surface area contributed by atoms with Gasteiger partial charge in [0.15, 0.2) is 23.1 Å². The molecule has 0 spiro atoms. The maximum atomic E-state index is 6.07. The van der Waals surface area contributed by atoms with Gasteiger partial charge >= 0.3 is 0 Å². The van der Waals surface area contributed by atoms with Crippen LogP contribution in [0, 0.1) is 54.4 Å². The molecule has 4 saturated heterocycles. The van der Waals surface area contributed by atoms with Crippen LogP contribution in [0.2, 0.25) is 0 Å². The molecule has 0 saturated carbocycles. The van der Waals surface area contributed by atoms with E-state index in [1.165, 1.54) is 16.7 Å². The normalized spacial score (nSPS) is 20.8. The van der Waals surface area contributed by atoms with Gasteiger partial charge in [0.2, 0.25) is 17.2 Å². The number of allylic oxidation sites excluding steroid dienone is 1. The van der Waals surface area contributed by atoms with E-state index in [1.54, 1.807) is 53.7 Å². The van der Waals surface area contributed by atoms with Crippen LogP contribution >= 0.6 is 0 Å². The number of hydrogen-bond acceptors (Lipinski definition) is 22. The molecule has 26 nitrogen and oxygen atoms in total. The number of hydrogen-bond donors (Lipinski definition) is 2. The number of ether oxygens (including phenoxy) is 5. The monoisotopic (exact) mass is 1690 g/mol. The van der Waals surface area contributed by atoms with Crippen molar-refractivity contribution < 1.29 is 43.0 Å². The zero-order valence-corrected chi connectivity index (χ0v) is 72.9. The van der Waals surface area contributed by atoms with Crippen LogP contribution in [0.4, 0.5) is 0 Å². The quantitative estimate of drug-likeness (QED) is 0.0721. The first kappa shape index (κ1) is 84.1. The fourth-order valence-corrected chi connectivity index (χ4v) is 17.3. The Morgan fingerprint density at radius 3 is 1.25 bits per heavy atom. The van der Waals surface area contributed by atoms with Gasteiger partial charge < -0.3 is 76.4 Å². The Bertz CT molecular complexity index is 5700. The number of hydrazine groups is 1. The lowest BCUT2D eigenvalue weighted by atomic mass is 9.76. The van der Waals surface area contributed by atoms with Crippen molar-refractivity contribution in [2.45, 2.75) is 103 Å². The Kier molecular flexibility index (Phi) is 24.6. The molecule has 20 rings (SSSR count). The summed E-state index contributed by atoms with van der Waals surface area (Å²) in [7, 11) is 6.73. The number of piperazine rings is 1. The van der Waals surface area contributed by atoms with Crippen LogP contribution in [0.25, 0.3) is 47.1 Å². The first-order chi connectivity index (χ1) is 61.5. The SMILES string of the molecule is COc1cc(/C=C/C2=NOC3(c4ccc(C)cc4)CCCNN23)ccc1-n1cnc(C)c1.COc1cc(/C=C/C2=NOC3(c4ccc(C)cc4)CNCCN23)ccc1-n1cnc(C)c1.COc1cc(/C=C/C2=NOC3(c4ccc(C)cc4)COCCC23)ccc1-n1cnc(C)c1.COc1cc(/C=C/C2=NOC3(c4ccccc4)CCCN23)ccc1-n1cnc(C)c1. The second-order valence-corrected chi connectivity index (χ2v) is 32.5. The highest BCUT2D eigenvalue weighted by atomic mass is 16.7. The van der Waals surface area contributed by atoms with E-state index in [0.717, 1.165) is 195 Å². The third-order valence-corrected chi connectivity index (χ3v) is 24.0. The molecule has 2 N–H and O–H groups in total. The van der Waals surface area contributed by atoms with Crippen molar-refractivity contribution in [3.8, 4) is 45.7 Å². The molecule has 5 atom stereocenters. The van der Waals surface area contributed by atoms with Crippen molar-refractivity contribution in [3.63, 3.8) is 0 Å². The summed E-state index contributed by atoms with van der Waals surface area (Å²) in [4.78, 5) is 45.9. The lowest BCUT2D eigenvalue weighted by molar-refractivity contribution is -0.144. The van der Waals surface area contributed by atoms with E-state index in [1.807, 2.05) is 174 Å². The lowest BCUT2D eigenvalue weighted by Gasteiger charge is -2.41. The predicted molar refractivity (Wildman–Crippen MR) is 490 cm³/mol. The Morgan fingerprint density at radius 2 is 0.794 bits per heavy atom. The van der Waals surface area contributed by atoms with E-state index < -0.39 is 22.8 Å². The molecule has 8 aromatic carbocycles. The first-order valence-electron chi connectivity index (χ1n) is 42.6. The molecule has 12 aromatic rings. The number of oxime groups is 4. The van der Waals surface area contributed by atoms with Gasteiger partial charge in [0.05, 0.1) is 124 Å². The molecule has 0 radical (unpaired) electrons. The van der Waals surface area contributed by atoms with E-state index in [-0.39, 0.29) is 5.92 Å². The summed E-state index contributed by atoms with van der Waals surface area (Å²) in [5, 5.41) is 23.3. The highest BCUT2D eigenvalue weighted by Crippen LogP contribution is 2.48. The topological polar surface area (TPSA) is 238 Å². The van der Waals surface area contributed by atoms with Crippen LogP contribution < -0.4 is 29.7 Å². The van der Waals surface area contributed by atoms with Crippen LogP contribution in [0.15, 0.2) is 271 Å². The summed E-state index contributed by atoms with van der Waals surface area (Å²) in [6.07, 6.45) is 36.1. The molecule has 4 aromatic heterocycles. The third-order valence-electron chi connectivity index (χ3n) is 24.0. The summed E-state index contributed by atoms with van der Waals surface area (Å²) in [5.74, 6) is 5.71. The van der Waals surface area contributed by atoms with Gasteiger partial charge in [-0.15, -0.1) is 0 Å². The Morgan fingerprint density at radius 1 is 0.389 bits per heavy atom. The summed E-state index contributed by atoms with van der Waals surface area (Å²) in [6.45, 7) is 19.6. The highest BCUT2D eigenvalue weighted by molar-refractivity contribution is 6.02. The van der Waals surface area contributed by atoms with Gasteiger partial charge in [-0.1, -0.05) is 189 Å². The van der Waals surface area contributed by atoms with Crippen LogP contribution in [0.5, 0.6) is 23.0 Å². The van der Waals surface area contributed by atoms with Gasteiger partial charge in [0.1, 0.15) is 23.0 Å². The molecule has 126 heavy (non-hydrogen) atoms. The van der Waals surface area contributed by atoms with Gasteiger partial charge in [-0.05, 0) is 163 Å². The largest absolute Gasteiger partial charge is 0.495 e. The summed E-state index contributed by atoms with van der Waals surface area (Å²) >= 11 is 0. The Labute approximate surface area is 734 Å². The van der Waals surface area contributed by atoms with Crippen molar-refractivity contribution in [2.75, 3.05) is 74.4 Å². The average molecular weight is 1690 g/mol. The van der Waals surface area contributed by atoms with Crippen LogP contribution in [0.3, 0.4) is 0 Å². The van der Waals surface area contributed by atoms with E-state index in [0.29, 0.717) is 19.8 Å². The fourth-order valence-electron chi connectivity index (χ4n) is 17.3. The van der Waals surface area contributed by atoms with Gasteiger partial charge in [0, 0.05) is 92.7 Å². The minimum absolute atomic E-state index is 0.158.